The molecule has 1 amide bonds. The van der Waals surface area contributed by atoms with E-state index in [-0.39, 0.29) is 5.91 Å². The van der Waals surface area contributed by atoms with Gasteiger partial charge in [-0.05, 0) is 44.4 Å². The summed E-state index contributed by atoms with van der Waals surface area (Å²) < 4.78 is 5.58. The Kier molecular flexibility index (Phi) is 5.41. The Morgan fingerprint density at radius 2 is 2.10 bits per heavy atom. The molecule has 1 saturated heterocycles. The Morgan fingerprint density at radius 3 is 2.80 bits per heavy atom. The number of amides is 1. The van der Waals surface area contributed by atoms with Crippen molar-refractivity contribution < 1.29 is 9.53 Å². The number of nitrogens with zero attached hydrogens (tertiary/aromatic N) is 1. The summed E-state index contributed by atoms with van der Waals surface area (Å²) in [6.45, 7) is 4.00. The van der Waals surface area contributed by atoms with E-state index < -0.39 is 0 Å². The lowest BCUT2D eigenvalue weighted by Gasteiger charge is -2.37. The zero-order valence-electron chi connectivity index (χ0n) is 12.1. The number of likely N-dealkylation sites (tertiary alicyclic amines) is 1. The van der Waals surface area contributed by atoms with Gasteiger partial charge in [0.05, 0.1) is 13.0 Å². The number of benzene rings is 1. The normalized spacial score (nSPS) is 22.6. The molecule has 2 unspecified atom stereocenters. The van der Waals surface area contributed by atoms with Crippen molar-refractivity contribution in [1.29, 1.82) is 0 Å². The smallest absolute Gasteiger partial charge is 0.226 e. The Hall–Kier alpha value is -1.55. The van der Waals surface area contributed by atoms with Crippen molar-refractivity contribution in [3.63, 3.8) is 0 Å². The number of nitrogens with two attached hydrogens (primary N) is 1. The molecular weight excluding hydrogens is 252 g/mol. The molecule has 20 heavy (non-hydrogen) atoms. The molecule has 4 nitrogen and oxygen atoms in total. The highest BCUT2D eigenvalue weighted by molar-refractivity contribution is 5.76. The highest BCUT2D eigenvalue weighted by Crippen LogP contribution is 2.21. The molecule has 0 saturated carbocycles. The molecule has 2 N–H and O–H groups in total. The minimum Gasteiger partial charge on any atom is -0.493 e. The average Bonchev–Trinajstić information content (AvgIpc) is 2.48. The van der Waals surface area contributed by atoms with E-state index in [9.17, 15) is 4.79 Å². The van der Waals surface area contributed by atoms with Crippen LogP contribution in [-0.2, 0) is 4.79 Å². The number of hydrogen-bond donors (Lipinski definition) is 1. The summed E-state index contributed by atoms with van der Waals surface area (Å²) in [6.07, 6.45) is 2.60. The first-order chi connectivity index (χ1) is 9.70. The van der Waals surface area contributed by atoms with Gasteiger partial charge >= 0.3 is 0 Å². The van der Waals surface area contributed by atoms with E-state index >= 15 is 0 Å². The molecule has 0 aromatic heterocycles. The second kappa shape index (κ2) is 7.29. The quantitative estimate of drug-likeness (QED) is 0.895. The maximum Gasteiger partial charge on any atom is 0.226 e. The van der Waals surface area contributed by atoms with Gasteiger partial charge in [0.1, 0.15) is 5.75 Å². The van der Waals surface area contributed by atoms with Crippen molar-refractivity contribution >= 4 is 5.91 Å². The Balaban J connectivity index is 1.79. The lowest BCUT2D eigenvalue weighted by Crippen LogP contribution is -2.47. The standard InChI is InChI=1S/C16H24N2O2/c1-13-7-8-14(11-17)12-18(13)16(19)9-10-20-15-5-3-2-4-6-15/h2-6,13-14H,7-12,17H2,1H3. The molecule has 1 heterocycles. The fourth-order valence-corrected chi connectivity index (χ4v) is 2.64. The third-order valence-electron chi connectivity index (χ3n) is 3.96. The lowest BCUT2D eigenvalue weighted by atomic mass is 9.93. The Labute approximate surface area is 120 Å². The number of piperidine rings is 1. The summed E-state index contributed by atoms with van der Waals surface area (Å²) in [7, 11) is 0. The fraction of sp³-hybridized carbons (Fsp3) is 0.562. The van der Waals surface area contributed by atoms with Gasteiger partial charge in [-0.2, -0.15) is 0 Å². The number of ether oxygens (including phenoxy) is 1. The third kappa shape index (κ3) is 3.97. The summed E-state index contributed by atoms with van der Waals surface area (Å²) in [6, 6.07) is 9.92. The first-order valence-corrected chi connectivity index (χ1v) is 7.38. The summed E-state index contributed by atoms with van der Waals surface area (Å²) in [4.78, 5) is 14.2. The largest absolute Gasteiger partial charge is 0.493 e. The van der Waals surface area contributed by atoms with Gasteiger partial charge in [-0.15, -0.1) is 0 Å². The van der Waals surface area contributed by atoms with E-state index in [0.717, 1.165) is 25.1 Å². The monoisotopic (exact) mass is 276 g/mol. The van der Waals surface area contributed by atoms with Crippen molar-refractivity contribution in [3.05, 3.63) is 30.3 Å². The molecule has 1 fully saturated rings. The molecule has 0 radical (unpaired) electrons. The molecule has 0 aliphatic carbocycles. The van der Waals surface area contributed by atoms with Gasteiger partial charge in [-0.1, -0.05) is 18.2 Å². The van der Waals surface area contributed by atoms with Crippen LogP contribution < -0.4 is 10.5 Å². The van der Waals surface area contributed by atoms with Crippen molar-refractivity contribution in [2.75, 3.05) is 19.7 Å². The van der Waals surface area contributed by atoms with Gasteiger partial charge in [0.15, 0.2) is 0 Å². The summed E-state index contributed by atoms with van der Waals surface area (Å²) >= 11 is 0. The molecule has 2 atom stereocenters. The minimum atomic E-state index is 0.173. The molecule has 110 valence electrons. The minimum absolute atomic E-state index is 0.173. The zero-order chi connectivity index (χ0) is 14.4. The predicted molar refractivity (Wildman–Crippen MR) is 79.5 cm³/mol. The molecule has 1 aliphatic rings. The van der Waals surface area contributed by atoms with E-state index in [0.29, 0.717) is 31.5 Å². The number of carbonyl (C=O) groups is 1. The van der Waals surface area contributed by atoms with Crippen molar-refractivity contribution in [1.82, 2.24) is 4.90 Å². The number of rotatable bonds is 5. The third-order valence-corrected chi connectivity index (χ3v) is 3.96. The molecule has 1 aromatic rings. The van der Waals surface area contributed by atoms with Gasteiger partial charge in [0, 0.05) is 12.6 Å². The van der Waals surface area contributed by atoms with Gasteiger partial charge in [0.25, 0.3) is 0 Å². The van der Waals surface area contributed by atoms with Crippen LogP contribution in [0.25, 0.3) is 0 Å². The molecule has 4 heteroatoms. The van der Waals surface area contributed by atoms with E-state index in [1.54, 1.807) is 0 Å². The second-order valence-corrected chi connectivity index (χ2v) is 5.49. The highest BCUT2D eigenvalue weighted by Gasteiger charge is 2.27. The van der Waals surface area contributed by atoms with Gasteiger partial charge in [-0.3, -0.25) is 4.79 Å². The zero-order valence-corrected chi connectivity index (χ0v) is 12.1. The SMILES string of the molecule is CC1CCC(CN)CN1C(=O)CCOc1ccccc1. The number of para-hydroxylation sites is 1. The molecule has 1 aliphatic heterocycles. The van der Waals surface area contributed by atoms with Crippen LogP contribution in [0.15, 0.2) is 30.3 Å². The summed E-state index contributed by atoms with van der Waals surface area (Å²) in [5, 5.41) is 0. The highest BCUT2D eigenvalue weighted by atomic mass is 16.5. The first kappa shape index (κ1) is 14.9. The van der Waals surface area contributed by atoms with Crippen LogP contribution in [0.2, 0.25) is 0 Å². The molecule has 2 rings (SSSR count). The average molecular weight is 276 g/mol. The Morgan fingerprint density at radius 1 is 1.35 bits per heavy atom. The number of hydrogen-bond acceptors (Lipinski definition) is 3. The Bertz CT molecular complexity index is 422. The van der Waals surface area contributed by atoms with Crippen molar-refractivity contribution in [3.8, 4) is 5.75 Å². The van der Waals surface area contributed by atoms with Crippen molar-refractivity contribution in [2.24, 2.45) is 11.7 Å². The predicted octanol–water partition coefficient (Wildman–Crippen LogP) is 2.04. The van der Waals surface area contributed by atoms with E-state index in [2.05, 4.69) is 6.92 Å². The van der Waals surface area contributed by atoms with E-state index in [4.69, 9.17) is 10.5 Å². The fourth-order valence-electron chi connectivity index (χ4n) is 2.64. The molecule has 0 bridgehead atoms. The van der Waals surface area contributed by atoms with Crippen LogP contribution in [0, 0.1) is 5.92 Å². The van der Waals surface area contributed by atoms with E-state index in [1.165, 1.54) is 0 Å². The topological polar surface area (TPSA) is 55.6 Å². The second-order valence-electron chi connectivity index (χ2n) is 5.49. The first-order valence-electron chi connectivity index (χ1n) is 7.38. The summed E-state index contributed by atoms with van der Waals surface area (Å²) in [5.74, 6) is 1.43. The van der Waals surface area contributed by atoms with Crippen molar-refractivity contribution in [2.45, 2.75) is 32.2 Å². The van der Waals surface area contributed by atoms with Crippen LogP contribution >= 0.6 is 0 Å². The maximum atomic E-state index is 12.3. The van der Waals surface area contributed by atoms with Gasteiger partial charge in [0.2, 0.25) is 5.91 Å². The number of carbonyl (C=O) groups excluding carboxylic acids is 1. The molecular formula is C16H24N2O2. The van der Waals surface area contributed by atoms with Crippen LogP contribution in [0.3, 0.4) is 0 Å². The van der Waals surface area contributed by atoms with Gasteiger partial charge < -0.3 is 15.4 Å². The van der Waals surface area contributed by atoms with E-state index in [1.807, 2.05) is 35.2 Å². The van der Waals surface area contributed by atoms with Crippen LogP contribution in [0.5, 0.6) is 5.75 Å². The maximum absolute atomic E-state index is 12.3. The lowest BCUT2D eigenvalue weighted by molar-refractivity contribution is -0.136. The van der Waals surface area contributed by atoms with Crippen LogP contribution in [0.1, 0.15) is 26.2 Å². The van der Waals surface area contributed by atoms with Crippen LogP contribution in [0.4, 0.5) is 0 Å². The van der Waals surface area contributed by atoms with Crippen LogP contribution in [-0.4, -0.2) is 36.5 Å². The molecule has 0 spiro atoms. The molecule has 1 aromatic carbocycles. The summed E-state index contributed by atoms with van der Waals surface area (Å²) in [5.41, 5.74) is 5.72. The van der Waals surface area contributed by atoms with Gasteiger partial charge in [-0.25, -0.2) is 0 Å².